The molecule has 0 aliphatic heterocycles. The number of rotatable bonds is 5. The third-order valence-electron chi connectivity index (χ3n) is 4.71. The summed E-state index contributed by atoms with van der Waals surface area (Å²) in [5.41, 5.74) is 7.14. The topological polar surface area (TPSA) is 55.1 Å². The quantitative estimate of drug-likeness (QED) is 0.866. The van der Waals surface area contributed by atoms with E-state index < -0.39 is 6.04 Å². The zero-order chi connectivity index (χ0) is 14.5. The largest absolute Gasteiger partial charge is 0.352 e. The lowest BCUT2D eigenvalue weighted by atomic mass is 9.93. The minimum atomic E-state index is -0.453. The fraction of sp³-hybridized carbons (Fsp3) is 0.588. The third kappa shape index (κ3) is 3.60. The van der Waals surface area contributed by atoms with Crippen molar-refractivity contribution in [2.45, 2.75) is 51.6 Å². The lowest BCUT2D eigenvalue weighted by Gasteiger charge is -2.22. The van der Waals surface area contributed by atoms with Crippen LogP contribution in [0.15, 0.2) is 30.3 Å². The molecular formula is C17H26N2O. The number of hydrogen-bond acceptors (Lipinski definition) is 2. The number of nitrogens with one attached hydrogen (secondary N) is 1. The van der Waals surface area contributed by atoms with E-state index in [0.717, 1.165) is 17.9 Å². The summed E-state index contributed by atoms with van der Waals surface area (Å²) < 4.78 is 0. The van der Waals surface area contributed by atoms with Crippen LogP contribution in [-0.4, -0.2) is 18.0 Å². The van der Waals surface area contributed by atoms with Crippen molar-refractivity contribution < 1.29 is 4.79 Å². The summed E-state index contributed by atoms with van der Waals surface area (Å²) in [4.78, 5) is 12.2. The van der Waals surface area contributed by atoms with Crippen molar-refractivity contribution in [3.63, 3.8) is 0 Å². The first kappa shape index (κ1) is 15.0. The first-order valence-corrected chi connectivity index (χ1v) is 7.71. The number of hydrogen-bond donors (Lipinski definition) is 2. The van der Waals surface area contributed by atoms with Gasteiger partial charge in [-0.25, -0.2) is 0 Å². The van der Waals surface area contributed by atoms with E-state index in [2.05, 4.69) is 19.2 Å². The molecule has 0 radical (unpaired) electrons. The lowest BCUT2D eigenvalue weighted by molar-refractivity contribution is -0.123. The molecule has 3 heteroatoms. The van der Waals surface area contributed by atoms with Gasteiger partial charge in [-0.05, 0) is 36.7 Å². The van der Waals surface area contributed by atoms with Gasteiger partial charge in [0.1, 0.15) is 0 Å². The maximum absolute atomic E-state index is 12.2. The Kier molecular flexibility index (Phi) is 5.18. The molecule has 1 aromatic rings. The van der Waals surface area contributed by atoms with Crippen LogP contribution < -0.4 is 11.1 Å². The summed E-state index contributed by atoms with van der Waals surface area (Å²) in [6.45, 7) is 4.47. The number of carbonyl (C=O) groups excluding carboxylic acids is 1. The van der Waals surface area contributed by atoms with Crippen LogP contribution in [0.2, 0.25) is 0 Å². The highest BCUT2D eigenvalue weighted by molar-refractivity contribution is 5.82. The summed E-state index contributed by atoms with van der Waals surface area (Å²) >= 11 is 0. The molecule has 0 heterocycles. The van der Waals surface area contributed by atoms with Gasteiger partial charge >= 0.3 is 0 Å². The number of carbonyl (C=O) groups is 1. The minimum absolute atomic E-state index is 0.0116. The monoisotopic (exact) mass is 274 g/mol. The molecule has 3 unspecified atom stereocenters. The maximum Gasteiger partial charge on any atom is 0.237 e. The molecule has 1 amide bonds. The van der Waals surface area contributed by atoms with Crippen LogP contribution in [0.5, 0.6) is 0 Å². The highest BCUT2D eigenvalue weighted by Crippen LogP contribution is 2.33. The molecule has 1 saturated carbocycles. The second-order valence-corrected chi connectivity index (χ2v) is 6.02. The van der Waals surface area contributed by atoms with Crippen LogP contribution in [0, 0.1) is 11.8 Å². The predicted molar refractivity (Wildman–Crippen MR) is 82.2 cm³/mol. The van der Waals surface area contributed by atoms with Gasteiger partial charge in [0, 0.05) is 6.04 Å². The van der Waals surface area contributed by atoms with Crippen LogP contribution in [0.1, 0.15) is 38.7 Å². The molecule has 0 saturated heterocycles. The zero-order valence-corrected chi connectivity index (χ0v) is 12.5. The summed E-state index contributed by atoms with van der Waals surface area (Å²) in [7, 11) is 0. The maximum atomic E-state index is 12.2. The number of benzene rings is 1. The van der Waals surface area contributed by atoms with Gasteiger partial charge in [0.2, 0.25) is 5.91 Å². The molecule has 110 valence electrons. The van der Waals surface area contributed by atoms with E-state index in [1.807, 2.05) is 30.3 Å². The van der Waals surface area contributed by atoms with E-state index in [0.29, 0.717) is 18.4 Å². The zero-order valence-electron chi connectivity index (χ0n) is 12.5. The van der Waals surface area contributed by atoms with Crippen molar-refractivity contribution >= 4 is 5.91 Å². The average molecular weight is 274 g/mol. The molecule has 3 N–H and O–H groups in total. The van der Waals surface area contributed by atoms with E-state index in [-0.39, 0.29) is 5.91 Å². The predicted octanol–water partition coefficient (Wildman–Crippen LogP) is 2.50. The molecule has 1 aromatic carbocycles. The Morgan fingerprint density at radius 3 is 2.65 bits per heavy atom. The molecule has 1 aliphatic carbocycles. The van der Waals surface area contributed by atoms with Gasteiger partial charge in [-0.1, -0.05) is 50.6 Å². The smallest absolute Gasteiger partial charge is 0.237 e. The molecule has 0 bridgehead atoms. The highest BCUT2D eigenvalue weighted by Gasteiger charge is 2.33. The highest BCUT2D eigenvalue weighted by atomic mass is 16.2. The van der Waals surface area contributed by atoms with Crippen molar-refractivity contribution in [1.82, 2.24) is 5.32 Å². The summed E-state index contributed by atoms with van der Waals surface area (Å²) in [6, 6.07) is 9.80. The molecule has 2 rings (SSSR count). The Morgan fingerprint density at radius 1 is 1.35 bits per heavy atom. The van der Waals surface area contributed by atoms with Crippen molar-refractivity contribution in [3.05, 3.63) is 35.9 Å². The van der Waals surface area contributed by atoms with Gasteiger partial charge in [0.15, 0.2) is 0 Å². The second kappa shape index (κ2) is 6.89. The van der Waals surface area contributed by atoms with Crippen LogP contribution in [0.25, 0.3) is 0 Å². The van der Waals surface area contributed by atoms with Gasteiger partial charge in [-0.3, -0.25) is 4.79 Å². The number of nitrogens with two attached hydrogens (primary N) is 1. The Morgan fingerprint density at radius 2 is 2.05 bits per heavy atom. The van der Waals surface area contributed by atoms with Crippen LogP contribution in [0.4, 0.5) is 0 Å². The normalized spacial score (nSPS) is 27.2. The molecule has 0 spiro atoms. The average Bonchev–Trinajstić information content (AvgIpc) is 2.80. The van der Waals surface area contributed by atoms with Crippen LogP contribution in [-0.2, 0) is 11.2 Å². The molecule has 0 aromatic heterocycles. The van der Waals surface area contributed by atoms with E-state index in [4.69, 9.17) is 5.73 Å². The molecule has 4 atom stereocenters. The van der Waals surface area contributed by atoms with Crippen molar-refractivity contribution in [1.29, 1.82) is 0 Å². The van der Waals surface area contributed by atoms with Crippen LogP contribution >= 0.6 is 0 Å². The second-order valence-electron chi connectivity index (χ2n) is 6.02. The van der Waals surface area contributed by atoms with Crippen molar-refractivity contribution in [2.75, 3.05) is 0 Å². The van der Waals surface area contributed by atoms with Gasteiger partial charge in [0.05, 0.1) is 6.04 Å². The Balaban J connectivity index is 1.86. The molecule has 1 aliphatic rings. The van der Waals surface area contributed by atoms with Crippen molar-refractivity contribution in [2.24, 2.45) is 17.6 Å². The fourth-order valence-corrected chi connectivity index (χ4v) is 3.28. The first-order chi connectivity index (χ1) is 9.61. The summed E-state index contributed by atoms with van der Waals surface area (Å²) in [5, 5.41) is 3.15. The van der Waals surface area contributed by atoms with Gasteiger partial charge in [-0.2, -0.15) is 0 Å². The van der Waals surface area contributed by atoms with E-state index in [1.54, 1.807) is 0 Å². The third-order valence-corrected chi connectivity index (χ3v) is 4.71. The Labute approximate surface area is 121 Å². The SMILES string of the molecule is CCC1CCC(NC(=O)[C@@H](N)Cc2ccccc2)C1C. The minimum Gasteiger partial charge on any atom is -0.352 e. The molecule has 20 heavy (non-hydrogen) atoms. The first-order valence-electron chi connectivity index (χ1n) is 7.71. The summed E-state index contributed by atoms with van der Waals surface area (Å²) in [5.74, 6) is 1.29. The fourth-order valence-electron chi connectivity index (χ4n) is 3.28. The lowest BCUT2D eigenvalue weighted by Crippen LogP contribution is -2.47. The van der Waals surface area contributed by atoms with Crippen LogP contribution in [0.3, 0.4) is 0 Å². The molecule has 1 fully saturated rings. The van der Waals surface area contributed by atoms with E-state index in [9.17, 15) is 4.79 Å². The van der Waals surface area contributed by atoms with Crippen molar-refractivity contribution in [3.8, 4) is 0 Å². The van der Waals surface area contributed by atoms with E-state index in [1.165, 1.54) is 12.8 Å². The van der Waals surface area contributed by atoms with Gasteiger partial charge in [-0.15, -0.1) is 0 Å². The Hall–Kier alpha value is -1.35. The standard InChI is InChI=1S/C17H26N2O/c1-3-14-9-10-16(12(14)2)19-17(20)15(18)11-13-7-5-4-6-8-13/h4-8,12,14-16H,3,9-11,18H2,1-2H3,(H,19,20)/t12?,14?,15-,16?/m0/s1. The molecular weight excluding hydrogens is 248 g/mol. The molecule has 3 nitrogen and oxygen atoms in total. The summed E-state index contributed by atoms with van der Waals surface area (Å²) in [6.07, 6.45) is 4.11. The Bertz CT molecular complexity index is 432. The number of amides is 1. The van der Waals surface area contributed by atoms with Gasteiger partial charge in [0.25, 0.3) is 0 Å². The van der Waals surface area contributed by atoms with E-state index >= 15 is 0 Å². The van der Waals surface area contributed by atoms with Gasteiger partial charge < -0.3 is 11.1 Å².